The molecule has 0 aliphatic rings. The largest absolute Gasteiger partial charge is 0.480 e. The number of thiocarbonyl (C=S) groups is 1. The smallest absolute Gasteiger partial charge is 0.328 e. The van der Waals surface area contributed by atoms with E-state index in [2.05, 4.69) is 10.7 Å². The van der Waals surface area contributed by atoms with Gasteiger partial charge in [-0.1, -0.05) is 12.2 Å². The second kappa shape index (κ2) is 11.2. The molecule has 0 aliphatic carbocycles. The van der Waals surface area contributed by atoms with Crippen LogP contribution in [0.5, 0.6) is 0 Å². The van der Waals surface area contributed by atoms with Crippen molar-refractivity contribution >= 4 is 41.0 Å². The van der Waals surface area contributed by atoms with Gasteiger partial charge in [0.1, 0.15) is 11.0 Å². The van der Waals surface area contributed by atoms with Crippen LogP contribution in [0.4, 0.5) is 4.79 Å². The van der Waals surface area contributed by atoms with E-state index in [0.29, 0.717) is 0 Å². The molecule has 0 heterocycles. The number of carboxylic acids is 1. The SMILES string of the molecule is CC(O)[C@H](NC(=O)N[C@@H](CC(N)=O)C(=S)NN(C)C(=O)[C@@H](N)CO)C(=O)O. The minimum Gasteiger partial charge on any atom is -0.480 e. The number of aliphatic hydroxyl groups is 2. The first-order valence-electron chi connectivity index (χ1n) is 7.61. The average Bonchev–Trinajstić information content (AvgIpc) is 2.56. The number of aliphatic carboxylic acids is 1. The zero-order valence-electron chi connectivity index (χ0n) is 14.7. The molecule has 13 nitrogen and oxygen atoms in total. The highest BCUT2D eigenvalue weighted by Gasteiger charge is 2.28. The number of amides is 4. The molecule has 0 aliphatic heterocycles. The van der Waals surface area contributed by atoms with Crippen LogP contribution in [0.1, 0.15) is 13.3 Å². The van der Waals surface area contributed by atoms with Gasteiger partial charge in [0.15, 0.2) is 6.04 Å². The molecule has 4 atom stereocenters. The zero-order valence-corrected chi connectivity index (χ0v) is 15.5. The number of carboxylic acid groups (broad SMARTS) is 1. The molecule has 0 radical (unpaired) electrons. The number of aliphatic hydroxyl groups excluding tert-OH is 2. The summed E-state index contributed by atoms with van der Waals surface area (Å²) in [5.41, 5.74) is 12.9. The summed E-state index contributed by atoms with van der Waals surface area (Å²) in [6, 6.07) is -5.05. The lowest BCUT2D eigenvalue weighted by Crippen LogP contribution is -2.59. The van der Waals surface area contributed by atoms with Crippen LogP contribution < -0.4 is 27.5 Å². The summed E-state index contributed by atoms with van der Waals surface area (Å²) in [6.45, 7) is 0.552. The fourth-order valence-electron chi connectivity index (χ4n) is 1.77. The fourth-order valence-corrected chi connectivity index (χ4v) is 2.04. The van der Waals surface area contributed by atoms with E-state index in [1.54, 1.807) is 0 Å². The first kappa shape index (κ1) is 24.5. The van der Waals surface area contributed by atoms with Crippen molar-refractivity contribution in [3.63, 3.8) is 0 Å². The van der Waals surface area contributed by atoms with Gasteiger partial charge in [0.05, 0.1) is 25.2 Å². The van der Waals surface area contributed by atoms with Gasteiger partial charge in [0, 0.05) is 7.05 Å². The van der Waals surface area contributed by atoms with E-state index < -0.39 is 61.1 Å². The molecule has 0 aromatic rings. The molecule has 4 amide bonds. The summed E-state index contributed by atoms with van der Waals surface area (Å²) >= 11 is 5.02. The van der Waals surface area contributed by atoms with Gasteiger partial charge in [-0.3, -0.25) is 20.0 Å². The lowest BCUT2D eigenvalue weighted by atomic mass is 10.2. The van der Waals surface area contributed by atoms with Gasteiger partial charge in [-0.2, -0.15) is 0 Å². The molecular weight excluding hydrogens is 384 g/mol. The Bertz CT molecular complexity index is 588. The van der Waals surface area contributed by atoms with E-state index in [1.807, 2.05) is 5.32 Å². The molecule has 0 aromatic carbocycles. The second-order valence-electron chi connectivity index (χ2n) is 5.56. The normalized spacial score (nSPS) is 14.9. The van der Waals surface area contributed by atoms with Gasteiger partial charge < -0.3 is 37.4 Å². The molecule has 0 bridgehead atoms. The van der Waals surface area contributed by atoms with Crippen molar-refractivity contribution in [3.8, 4) is 0 Å². The lowest BCUT2D eigenvalue weighted by Gasteiger charge is -2.27. The highest BCUT2D eigenvalue weighted by atomic mass is 32.1. The number of likely N-dealkylation sites (N-methyl/N-ethyl adjacent to an activating group) is 1. The maximum absolute atomic E-state index is 12.0. The second-order valence-corrected chi connectivity index (χ2v) is 6.00. The number of rotatable bonds is 9. The summed E-state index contributed by atoms with van der Waals surface area (Å²) in [5.74, 6) is -3.03. The van der Waals surface area contributed by atoms with Gasteiger partial charge in [-0.05, 0) is 6.92 Å². The highest BCUT2D eigenvalue weighted by Crippen LogP contribution is 1.98. The van der Waals surface area contributed by atoms with Gasteiger partial charge >= 0.3 is 12.0 Å². The van der Waals surface area contributed by atoms with Crippen molar-refractivity contribution in [1.82, 2.24) is 21.1 Å². The van der Waals surface area contributed by atoms with Crippen LogP contribution in [0.2, 0.25) is 0 Å². The number of urea groups is 1. The van der Waals surface area contributed by atoms with E-state index in [1.165, 1.54) is 7.05 Å². The Morgan fingerprint density at radius 2 is 1.78 bits per heavy atom. The predicted octanol–water partition coefficient (Wildman–Crippen LogP) is -4.03. The molecule has 0 fully saturated rings. The zero-order chi connectivity index (χ0) is 21.3. The third kappa shape index (κ3) is 8.59. The maximum Gasteiger partial charge on any atom is 0.328 e. The van der Waals surface area contributed by atoms with E-state index in [4.69, 9.17) is 33.9 Å². The molecule has 27 heavy (non-hydrogen) atoms. The Balaban J connectivity index is 5.08. The molecule has 0 rings (SSSR count). The molecular formula is C13H24N6O7S. The van der Waals surface area contributed by atoms with Gasteiger partial charge in [-0.25, -0.2) is 9.59 Å². The number of nitrogens with zero attached hydrogens (tertiary/aromatic N) is 1. The first-order chi connectivity index (χ1) is 12.4. The molecule has 0 spiro atoms. The third-order valence-corrected chi connectivity index (χ3v) is 3.56. The summed E-state index contributed by atoms with van der Waals surface area (Å²) in [5, 5.41) is 32.3. The summed E-state index contributed by atoms with van der Waals surface area (Å²) in [6.07, 6.45) is -1.85. The van der Waals surface area contributed by atoms with Crippen LogP contribution in [-0.2, 0) is 14.4 Å². The van der Waals surface area contributed by atoms with Crippen LogP contribution in [0, 0.1) is 0 Å². The Morgan fingerprint density at radius 1 is 1.22 bits per heavy atom. The standard InChI is InChI=1S/C13H24N6O7S/c1-5(21)9(12(24)25)17-13(26)16-7(3-8(15)22)10(27)18-19(2)11(23)6(14)4-20/h5-7,9,20-21H,3-4,14H2,1-2H3,(H2,15,22)(H,18,27)(H,24,25)(H2,16,17,26)/t5?,6-,7-,9-/m0/s1. The number of carbonyl (C=O) groups is 4. The van der Waals surface area contributed by atoms with Crippen molar-refractivity contribution in [1.29, 1.82) is 0 Å². The Hall–Kier alpha value is -2.55. The van der Waals surface area contributed by atoms with Crippen LogP contribution in [0.15, 0.2) is 0 Å². The van der Waals surface area contributed by atoms with Gasteiger partial charge in [0.2, 0.25) is 5.91 Å². The topological polar surface area (TPSA) is 220 Å². The average molecular weight is 408 g/mol. The third-order valence-electron chi connectivity index (χ3n) is 3.18. The van der Waals surface area contributed by atoms with Gasteiger partial charge in [0.25, 0.3) is 5.91 Å². The highest BCUT2D eigenvalue weighted by molar-refractivity contribution is 7.80. The number of nitrogens with two attached hydrogens (primary N) is 2. The minimum atomic E-state index is -1.60. The van der Waals surface area contributed by atoms with E-state index >= 15 is 0 Å². The summed E-state index contributed by atoms with van der Waals surface area (Å²) in [4.78, 5) is 45.8. The van der Waals surface area contributed by atoms with Crippen LogP contribution in [-0.4, -0.2) is 87.0 Å². The molecule has 0 aromatic heterocycles. The molecule has 10 N–H and O–H groups in total. The molecule has 0 saturated carbocycles. The maximum atomic E-state index is 12.0. The number of primary amides is 1. The van der Waals surface area contributed by atoms with Crippen LogP contribution in [0.3, 0.4) is 0 Å². The quantitative estimate of drug-likeness (QED) is 0.136. The number of hydrogen-bond acceptors (Lipinski definition) is 8. The van der Waals surface area contributed by atoms with E-state index in [0.717, 1.165) is 11.9 Å². The number of hydrogen-bond donors (Lipinski definition) is 8. The van der Waals surface area contributed by atoms with E-state index in [-0.39, 0.29) is 4.99 Å². The summed E-state index contributed by atoms with van der Waals surface area (Å²) < 4.78 is 0. The Morgan fingerprint density at radius 3 is 2.19 bits per heavy atom. The van der Waals surface area contributed by atoms with E-state index in [9.17, 15) is 24.3 Å². The Labute approximate surface area is 160 Å². The van der Waals surface area contributed by atoms with Crippen LogP contribution in [0.25, 0.3) is 0 Å². The lowest BCUT2D eigenvalue weighted by molar-refractivity contribution is -0.141. The minimum absolute atomic E-state index is 0.200. The summed E-state index contributed by atoms with van der Waals surface area (Å²) in [7, 11) is 1.25. The fraction of sp³-hybridized carbons (Fsp3) is 0.615. The van der Waals surface area contributed by atoms with Crippen molar-refractivity contribution < 1.29 is 34.5 Å². The van der Waals surface area contributed by atoms with Crippen LogP contribution >= 0.6 is 12.2 Å². The first-order valence-corrected chi connectivity index (χ1v) is 8.02. The number of nitrogens with one attached hydrogen (secondary N) is 3. The van der Waals surface area contributed by atoms with Crippen molar-refractivity contribution in [2.45, 2.75) is 37.6 Å². The predicted molar refractivity (Wildman–Crippen MR) is 95.9 cm³/mol. The number of hydrazine groups is 1. The number of carbonyl (C=O) groups excluding carboxylic acids is 3. The van der Waals surface area contributed by atoms with Crippen molar-refractivity contribution in [2.24, 2.45) is 11.5 Å². The molecule has 154 valence electrons. The monoisotopic (exact) mass is 408 g/mol. The molecule has 0 saturated heterocycles. The van der Waals surface area contributed by atoms with Crippen molar-refractivity contribution in [3.05, 3.63) is 0 Å². The molecule has 14 heteroatoms. The Kier molecular flexibility index (Phi) is 10.2. The van der Waals surface area contributed by atoms with Gasteiger partial charge in [-0.15, -0.1) is 0 Å². The molecule has 1 unspecified atom stereocenters. The van der Waals surface area contributed by atoms with Crippen molar-refractivity contribution in [2.75, 3.05) is 13.7 Å².